The van der Waals surface area contributed by atoms with Crippen molar-refractivity contribution in [2.24, 2.45) is 0 Å². The highest BCUT2D eigenvalue weighted by Crippen LogP contribution is 1.83. The number of hydrogen-bond acceptors (Lipinski definition) is 3. The molecule has 0 unspecified atom stereocenters. The fraction of sp³-hybridized carbons (Fsp3) is 1.00. The third kappa shape index (κ3) is 2.79. The van der Waals surface area contributed by atoms with Crippen LogP contribution in [0.15, 0.2) is 0 Å². The molecular weight excluding hydrogens is 116 g/mol. The number of aliphatic hydroxyl groups excluding tert-OH is 1. The zero-order valence-corrected chi connectivity index (χ0v) is 5.56. The van der Waals surface area contributed by atoms with E-state index in [-0.39, 0.29) is 6.10 Å². The van der Waals surface area contributed by atoms with Crippen LogP contribution in [-0.4, -0.2) is 37.4 Å². The lowest BCUT2D eigenvalue weighted by Gasteiger charge is -2.16. The molecule has 0 aromatic heterocycles. The van der Waals surface area contributed by atoms with Crippen LogP contribution in [0.4, 0.5) is 0 Å². The van der Waals surface area contributed by atoms with Gasteiger partial charge in [0, 0.05) is 13.1 Å². The van der Waals surface area contributed by atoms with Gasteiger partial charge in [0.15, 0.2) is 0 Å². The summed E-state index contributed by atoms with van der Waals surface area (Å²) in [6.07, 6.45) is 0.956. The predicted molar refractivity (Wildman–Crippen MR) is 36.4 cm³/mol. The first-order valence-electron chi connectivity index (χ1n) is 3.49. The van der Waals surface area contributed by atoms with Gasteiger partial charge in [-0.05, 0) is 19.5 Å². The van der Waals surface area contributed by atoms with E-state index in [1.54, 1.807) is 0 Å². The van der Waals surface area contributed by atoms with Gasteiger partial charge in [-0.15, -0.1) is 0 Å². The van der Waals surface area contributed by atoms with Gasteiger partial charge in [0.05, 0.1) is 6.10 Å². The van der Waals surface area contributed by atoms with Gasteiger partial charge < -0.3 is 15.7 Å². The zero-order chi connectivity index (χ0) is 6.53. The van der Waals surface area contributed by atoms with Gasteiger partial charge in [-0.2, -0.15) is 0 Å². The second-order valence-electron chi connectivity index (χ2n) is 2.42. The van der Waals surface area contributed by atoms with E-state index < -0.39 is 0 Å². The lowest BCUT2D eigenvalue weighted by atomic mass is 10.3. The standard InChI is InChI=1S/C6H14N2O/c9-6-4-7-2-1-3-8-5-6/h6-9H,1-5H2. The van der Waals surface area contributed by atoms with Crippen LogP contribution >= 0.6 is 0 Å². The zero-order valence-electron chi connectivity index (χ0n) is 5.56. The molecule has 3 heteroatoms. The number of rotatable bonds is 0. The van der Waals surface area contributed by atoms with Gasteiger partial charge >= 0.3 is 0 Å². The first-order valence-corrected chi connectivity index (χ1v) is 3.49. The average molecular weight is 130 g/mol. The molecule has 0 aromatic rings. The van der Waals surface area contributed by atoms with Crippen LogP contribution in [0.25, 0.3) is 0 Å². The van der Waals surface area contributed by atoms with E-state index in [4.69, 9.17) is 5.11 Å². The second kappa shape index (κ2) is 3.82. The minimum Gasteiger partial charge on any atom is -0.390 e. The average Bonchev–Trinajstić information content (AvgIpc) is 1.79. The molecule has 3 nitrogen and oxygen atoms in total. The highest BCUT2D eigenvalue weighted by molar-refractivity contribution is 4.66. The van der Waals surface area contributed by atoms with Gasteiger partial charge in [-0.1, -0.05) is 0 Å². The minimum atomic E-state index is -0.203. The highest BCUT2D eigenvalue weighted by atomic mass is 16.3. The molecule has 0 radical (unpaired) electrons. The Labute approximate surface area is 55.5 Å². The molecule has 0 amide bonds. The first kappa shape index (κ1) is 6.99. The Bertz CT molecular complexity index is 69.5. The maximum atomic E-state index is 9.09. The van der Waals surface area contributed by atoms with Gasteiger partial charge in [0.25, 0.3) is 0 Å². The van der Waals surface area contributed by atoms with Crippen LogP contribution in [0, 0.1) is 0 Å². The van der Waals surface area contributed by atoms with Crippen molar-refractivity contribution in [3.8, 4) is 0 Å². The third-order valence-corrected chi connectivity index (χ3v) is 1.47. The first-order chi connectivity index (χ1) is 4.39. The molecule has 54 valence electrons. The van der Waals surface area contributed by atoms with Crippen LogP contribution in [0.2, 0.25) is 0 Å². The number of hydrogen-bond donors (Lipinski definition) is 3. The highest BCUT2D eigenvalue weighted by Gasteiger charge is 2.04. The Balaban J connectivity index is 2.12. The Kier molecular flexibility index (Phi) is 2.97. The van der Waals surface area contributed by atoms with Crippen LogP contribution < -0.4 is 10.6 Å². The Morgan fingerprint density at radius 2 is 1.67 bits per heavy atom. The summed E-state index contributed by atoms with van der Waals surface area (Å²) in [5, 5.41) is 15.4. The quantitative estimate of drug-likeness (QED) is 0.391. The lowest BCUT2D eigenvalue weighted by molar-refractivity contribution is 0.163. The summed E-state index contributed by atoms with van der Waals surface area (Å²) in [4.78, 5) is 0. The van der Waals surface area contributed by atoms with Crippen molar-refractivity contribution in [1.82, 2.24) is 10.6 Å². The summed E-state index contributed by atoms with van der Waals surface area (Å²) in [7, 11) is 0. The molecule has 1 heterocycles. The molecule has 0 aromatic carbocycles. The van der Waals surface area contributed by atoms with Crippen LogP contribution in [-0.2, 0) is 0 Å². The van der Waals surface area contributed by atoms with Crippen molar-refractivity contribution >= 4 is 0 Å². The summed E-state index contributed by atoms with van der Waals surface area (Å²) in [6, 6.07) is 0. The van der Waals surface area contributed by atoms with Crippen molar-refractivity contribution in [1.29, 1.82) is 0 Å². The fourth-order valence-electron chi connectivity index (χ4n) is 0.948. The molecule has 1 fully saturated rings. The SMILES string of the molecule is OC1CNCCCNC1. The van der Waals surface area contributed by atoms with Crippen molar-refractivity contribution in [3.05, 3.63) is 0 Å². The van der Waals surface area contributed by atoms with Crippen molar-refractivity contribution in [2.75, 3.05) is 26.2 Å². The molecule has 9 heavy (non-hydrogen) atoms. The van der Waals surface area contributed by atoms with Gasteiger partial charge in [-0.25, -0.2) is 0 Å². The summed E-state index contributed by atoms with van der Waals surface area (Å²) in [5.41, 5.74) is 0. The molecule has 1 saturated heterocycles. The van der Waals surface area contributed by atoms with E-state index in [0.29, 0.717) is 0 Å². The third-order valence-electron chi connectivity index (χ3n) is 1.47. The lowest BCUT2D eigenvalue weighted by Crippen LogP contribution is -2.39. The minimum absolute atomic E-state index is 0.203. The Hall–Kier alpha value is -0.120. The van der Waals surface area contributed by atoms with Gasteiger partial charge in [-0.3, -0.25) is 0 Å². The van der Waals surface area contributed by atoms with Crippen molar-refractivity contribution in [2.45, 2.75) is 12.5 Å². The van der Waals surface area contributed by atoms with Gasteiger partial charge in [0.2, 0.25) is 0 Å². The number of nitrogens with one attached hydrogen (secondary N) is 2. The topological polar surface area (TPSA) is 44.3 Å². The maximum Gasteiger partial charge on any atom is 0.0788 e. The van der Waals surface area contributed by atoms with Crippen molar-refractivity contribution < 1.29 is 5.11 Å². The van der Waals surface area contributed by atoms with E-state index in [0.717, 1.165) is 32.6 Å². The summed E-state index contributed by atoms with van der Waals surface area (Å²) in [6.45, 7) is 3.49. The molecular formula is C6H14N2O. The number of β-amino-alcohol motifs (C(OH)–C–C–N with tert-alkyl or cyclic N) is 1. The Morgan fingerprint density at radius 1 is 1.11 bits per heavy atom. The van der Waals surface area contributed by atoms with E-state index in [2.05, 4.69) is 10.6 Å². The maximum absolute atomic E-state index is 9.09. The van der Waals surface area contributed by atoms with Crippen LogP contribution in [0.1, 0.15) is 6.42 Å². The summed E-state index contributed by atoms with van der Waals surface area (Å²) < 4.78 is 0. The van der Waals surface area contributed by atoms with Crippen LogP contribution in [0.3, 0.4) is 0 Å². The fourth-order valence-corrected chi connectivity index (χ4v) is 0.948. The monoisotopic (exact) mass is 130 g/mol. The van der Waals surface area contributed by atoms with E-state index >= 15 is 0 Å². The van der Waals surface area contributed by atoms with Crippen molar-refractivity contribution in [3.63, 3.8) is 0 Å². The summed E-state index contributed by atoms with van der Waals surface area (Å²) in [5.74, 6) is 0. The molecule has 1 aliphatic rings. The molecule has 0 bridgehead atoms. The van der Waals surface area contributed by atoms with E-state index in [1.165, 1.54) is 0 Å². The predicted octanol–water partition coefficient (Wildman–Crippen LogP) is -1.07. The smallest absolute Gasteiger partial charge is 0.0788 e. The molecule has 0 aliphatic carbocycles. The van der Waals surface area contributed by atoms with Crippen LogP contribution in [0.5, 0.6) is 0 Å². The normalized spacial score (nSPS) is 25.0. The Morgan fingerprint density at radius 3 is 2.22 bits per heavy atom. The molecule has 0 spiro atoms. The second-order valence-corrected chi connectivity index (χ2v) is 2.42. The van der Waals surface area contributed by atoms with E-state index in [9.17, 15) is 0 Å². The number of aliphatic hydroxyl groups is 1. The molecule has 1 rings (SSSR count). The van der Waals surface area contributed by atoms with Gasteiger partial charge in [0.1, 0.15) is 0 Å². The molecule has 1 aliphatic heterocycles. The largest absolute Gasteiger partial charge is 0.390 e. The molecule has 0 saturated carbocycles. The summed E-state index contributed by atoms with van der Waals surface area (Å²) >= 11 is 0. The molecule has 3 N–H and O–H groups in total. The molecule has 0 atom stereocenters. The van der Waals surface area contributed by atoms with E-state index in [1.807, 2.05) is 0 Å².